The molecule has 39 heavy (non-hydrogen) atoms. The molecule has 9 heteroatoms. The second kappa shape index (κ2) is 13.5. The van der Waals surface area contributed by atoms with E-state index in [0.29, 0.717) is 61.2 Å². The first-order chi connectivity index (χ1) is 19.0. The topological polar surface area (TPSA) is 97.8 Å². The lowest BCUT2D eigenvalue weighted by Crippen LogP contribution is -2.39. The highest BCUT2D eigenvalue weighted by atomic mass is 16.5. The predicted octanol–water partition coefficient (Wildman–Crippen LogP) is 4.03. The quantitative estimate of drug-likeness (QED) is 0.187. The van der Waals surface area contributed by atoms with Crippen molar-refractivity contribution in [3.8, 4) is 17.2 Å². The Morgan fingerprint density at radius 2 is 1.79 bits per heavy atom. The van der Waals surface area contributed by atoms with Crippen molar-refractivity contribution >= 4 is 17.4 Å². The van der Waals surface area contributed by atoms with E-state index >= 15 is 0 Å². The lowest BCUT2D eigenvalue weighted by Gasteiger charge is -2.29. The van der Waals surface area contributed by atoms with Crippen LogP contribution in [0, 0.1) is 0 Å². The van der Waals surface area contributed by atoms with Crippen molar-refractivity contribution in [3.63, 3.8) is 0 Å². The Hall–Kier alpha value is -3.56. The van der Waals surface area contributed by atoms with Gasteiger partial charge in [-0.25, -0.2) is 0 Å². The third-order valence-electron chi connectivity index (χ3n) is 7.12. The number of hydrogen-bond acceptors (Lipinski definition) is 8. The summed E-state index contributed by atoms with van der Waals surface area (Å²) in [6.45, 7) is 6.86. The van der Waals surface area contributed by atoms with Crippen LogP contribution in [0.25, 0.3) is 5.76 Å². The lowest BCUT2D eigenvalue weighted by atomic mass is 9.95. The van der Waals surface area contributed by atoms with Crippen LogP contribution in [0.15, 0.2) is 48.0 Å². The van der Waals surface area contributed by atoms with Gasteiger partial charge in [0.25, 0.3) is 11.7 Å². The molecule has 1 N–H and O–H groups in total. The maximum Gasteiger partial charge on any atom is 0.295 e. The van der Waals surface area contributed by atoms with E-state index in [0.717, 1.165) is 32.5 Å². The van der Waals surface area contributed by atoms with Gasteiger partial charge in [0, 0.05) is 31.7 Å². The molecule has 0 aliphatic carbocycles. The number of rotatable bonds is 12. The standard InChI is InChI=1S/C30H38N2O7/c1-4-5-16-39-24-11-10-21(20-25(24)37-3)27-26(28(33)22-8-6-9-23(19-22)36-2)29(34)30(35)32(27)13-7-12-31-14-17-38-18-15-31/h6,8-11,19-20,27,33H,4-5,7,12-18H2,1-3H3/b28-26+. The Bertz CT molecular complexity index is 1190. The summed E-state index contributed by atoms with van der Waals surface area (Å²) in [6.07, 6.45) is 2.59. The summed E-state index contributed by atoms with van der Waals surface area (Å²) < 4.78 is 22.2. The fraction of sp³-hybridized carbons (Fsp3) is 0.467. The average molecular weight is 539 g/mol. The van der Waals surface area contributed by atoms with Crippen LogP contribution in [0.5, 0.6) is 17.2 Å². The van der Waals surface area contributed by atoms with Gasteiger partial charge in [0.2, 0.25) is 0 Å². The molecular weight excluding hydrogens is 500 g/mol. The Morgan fingerprint density at radius 1 is 1.00 bits per heavy atom. The van der Waals surface area contributed by atoms with E-state index in [1.807, 2.05) is 6.07 Å². The molecule has 2 heterocycles. The summed E-state index contributed by atoms with van der Waals surface area (Å²) in [7, 11) is 3.09. The van der Waals surface area contributed by atoms with Crippen LogP contribution in [-0.4, -0.2) is 86.8 Å². The van der Waals surface area contributed by atoms with Crippen LogP contribution < -0.4 is 14.2 Å². The molecule has 1 unspecified atom stereocenters. The number of methoxy groups -OCH3 is 2. The molecule has 2 aliphatic rings. The number of ether oxygens (including phenoxy) is 4. The van der Waals surface area contributed by atoms with Crippen molar-refractivity contribution in [1.29, 1.82) is 0 Å². The first kappa shape index (κ1) is 28.4. The summed E-state index contributed by atoms with van der Waals surface area (Å²) in [5.74, 6) is 0.0407. The molecule has 1 amide bonds. The second-order valence-corrected chi connectivity index (χ2v) is 9.64. The maximum atomic E-state index is 13.4. The number of aliphatic hydroxyl groups is 1. The van der Waals surface area contributed by atoms with E-state index in [2.05, 4.69) is 11.8 Å². The van der Waals surface area contributed by atoms with E-state index in [1.165, 1.54) is 7.11 Å². The fourth-order valence-corrected chi connectivity index (χ4v) is 4.97. The highest BCUT2D eigenvalue weighted by Gasteiger charge is 2.46. The van der Waals surface area contributed by atoms with Gasteiger partial charge in [-0.05, 0) is 42.7 Å². The number of Topliss-reactive ketones (excluding diaryl/α,β-unsaturated/α-hetero) is 1. The molecular formula is C30H38N2O7. The molecule has 9 nitrogen and oxygen atoms in total. The second-order valence-electron chi connectivity index (χ2n) is 9.64. The van der Waals surface area contributed by atoms with Gasteiger partial charge in [-0.3, -0.25) is 14.5 Å². The van der Waals surface area contributed by atoms with Gasteiger partial charge in [-0.15, -0.1) is 0 Å². The first-order valence-corrected chi connectivity index (χ1v) is 13.5. The minimum atomic E-state index is -0.778. The zero-order chi connectivity index (χ0) is 27.8. The lowest BCUT2D eigenvalue weighted by molar-refractivity contribution is -0.140. The number of ketones is 1. The maximum absolute atomic E-state index is 13.4. The van der Waals surface area contributed by atoms with Gasteiger partial charge in [-0.2, -0.15) is 0 Å². The number of benzene rings is 2. The van der Waals surface area contributed by atoms with Crippen molar-refractivity contribution in [1.82, 2.24) is 9.80 Å². The molecule has 1 atom stereocenters. The molecule has 0 aromatic heterocycles. The van der Waals surface area contributed by atoms with Crippen LogP contribution in [0.2, 0.25) is 0 Å². The Labute approximate surface area is 229 Å². The largest absolute Gasteiger partial charge is 0.507 e. The van der Waals surface area contributed by atoms with E-state index in [1.54, 1.807) is 48.4 Å². The highest BCUT2D eigenvalue weighted by Crippen LogP contribution is 2.42. The predicted molar refractivity (Wildman–Crippen MR) is 147 cm³/mol. The molecule has 2 fully saturated rings. The highest BCUT2D eigenvalue weighted by molar-refractivity contribution is 6.46. The number of aliphatic hydroxyl groups excluding tert-OH is 1. The number of unbranched alkanes of at least 4 members (excludes halogenated alkanes) is 1. The molecule has 4 rings (SSSR count). The van der Waals surface area contributed by atoms with Gasteiger partial charge < -0.3 is 29.0 Å². The number of nitrogens with zero attached hydrogens (tertiary/aromatic N) is 2. The Morgan fingerprint density at radius 3 is 2.51 bits per heavy atom. The van der Waals surface area contributed by atoms with Crippen molar-refractivity contribution in [2.24, 2.45) is 0 Å². The number of likely N-dealkylation sites (tertiary alicyclic amines) is 1. The van der Waals surface area contributed by atoms with Gasteiger partial charge in [0.05, 0.1) is 45.7 Å². The molecule has 0 spiro atoms. The number of hydrogen-bond donors (Lipinski definition) is 1. The number of carbonyl (C=O) groups is 2. The number of morpholine rings is 1. The third kappa shape index (κ3) is 6.54. The monoisotopic (exact) mass is 538 g/mol. The zero-order valence-electron chi connectivity index (χ0n) is 23.0. The van der Waals surface area contributed by atoms with Crippen molar-refractivity contribution in [2.45, 2.75) is 32.2 Å². The number of amides is 1. The zero-order valence-corrected chi connectivity index (χ0v) is 23.0. The Balaban J connectivity index is 1.71. The first-order valence-electron chi connectivity index (χ1n) is 13.5. The Kier molecular flexibility index (Phi) is 9.84. The van der Waals surface area contributed by atoms with E-state index in [-0.39, 0.29) is 11.3 Å². The van der Waals surface area contributed by atoms with E-state index < -0.39 is 17.7 Å². The van der Waals surface area contributed by atoms with Gasteiger partial charge in [-0.1, -0.05) is 31.5 Å². The molecule has 0 saturated carbocycles. The molecule has 2 aliphatic heterocycles. The van der Waals surface area contributed by atoms with Crippen LogP contribution >= 0.6 is 0 Å². The van der Waals surface area contributed by atoms with Crippen LogP contribution in [-0.2, 0) is 14.3 Å². The van der Waals surface area contributed by atoms with Gasteiger partial charge in [0.15, 0.2) is 11.5 Å². The fourth-order valence-electron chi connectivity index (χ4n) is 4.97. The SMILES string of the molecule is CCCCOc1ccc(C2/C(=C(\O)c3cccc(OC)c3)C(=O)C(=O)N2CCCN2CCOCC2)cc1OC. The summed E-state index contributed by atoms with van der Waals surface area (Å²) in [4.78, 5) is 30.6. The summed E-state index contributed by atoms with van der Waals surface area (Å²) in [6, 6.07) is 11.4. The van der Waals surface area contributed by atoms with Crippen molar-refractivity contribution < 1.29 is 33.6 Å². The van der Waals surface area contributed by atoms with Crippen molar-refractivity contribution in [3.05, 3.63) is 59.2 Å². The van der Waals surface area contributed by atoms with Crippen molar-refractivity contribution in [2.75, 3.05) is 60.2 Å². The molecule has 2 aromatic carbocycles. The van der Waals surface area contributed by atoms with E-state index in [4.69, 9.17) is 18.9 Å². The smallest absolute Gasteiger partial charge is 0.295 e. The molecule has 2 saturated heterocycles. The molecule has 2 aromatic rings. The molecule has 0 radical (unpaired) electrons. The third-order valence-corrected chi connectivity index (χ3v) is 7.12. The minimum absolute atomic E-state index is 0.0429. The van der Waals surface area contributed by atoms with Gasteiger partial charge >= 0.3 is 0 Å². The van der Waals surface area contributed by atoms with E-state index in [9.17, 15) is 14.7 Å². The molecule has 0 bridgehead atoms. The van der Waals surface area contributed by atoms with Crippen LogP contribution in [0.1, 0.15) is 43.4 Å². The average Bonchev–Trinajstić information content (AvgIpc) is 3.22. The summed E-state index contributed by atoms with van der Waals surface area (Å²) in [5.41, 5.74) is 1.10. The number of carbonyl (C=O) groups excluding carboxylic acids is 2. The minimum Gasteiger partial charge on any atom is -0.507 e. The van der Waals surface area contributed by atoms with Crippen LogP contribution in [0.4, 0.5) is 0 Å². The van der Waals surface area contributed by atoms with Gasteiger partial charge in [0.1, 0.15) is 11.5 Å². The summed E-state index contributed by atoms with van der Waals surface area (Å²) >= 11 is 0. The molecule has 210 valence electrons. The summed E-state index contributed by atoms with van der Waals surface area (Å²) in [5, 5.41) is 11.4. The normalized spacial score (nSPS) is 19.4. The van der Waals surface area contributed by atoms with Crippen LogP contribution in [0.3, 0.4) is 0 Å².